The molecule has 0 saturated carbocycles. The number of hydrogen-bond acceptors (Lipinski definition) is 7. The Balaban J connectivity index is 1.46. The topological polar surface area (TPSA) is 132 Å². The van der Waals surface area contributed by atoms with Crippen molar-refractivity contribution in [2.24, 2.45) is 5.73 Å². The largest absolute Gasteiger partial charge is 0.364 e. The van der Waals surface area contributed by atoms with E-state index in [4.69, 9.17) is 17.3 Å². The predicted octanol–water partition coefficient (Wildman–Crippen LogP) is 1.90. The third-order valence-corrected chi connectivity index (χ3v) is 5.36. The number of carbonyl (C=O) groups is 2. The van der Waals surface area contributed by atoms with Gasteiger partial charge in [0.2, 0.25) is 5.95 Å². The number of carbonyl (C=O) groups excluding carboxylic acids is 2. The van der Waals surface area contributed by atoms with Gasteiger partial charge in [-0.15, -0.1) is 5.10 Å². The molecule has 10 nitrogen and oxygen atoms in total. The summed E-state index contributed by atoms with van der Waals surface area (Å²) in [5.41, 5.74) is 7.02. The van der Waals surface area contributed by atoms with Gasteiger partial charge in [-0.3, -0.25) is 9.59 Å². The number of rotatable bonds is 6. The minimum atomic E-state index is -0.643. The highest BCUT2D eigenvalue weighted by molar-refractivity contribution is 6.33. The predicted molar refractivity (Wildman–Crippen MR) is 114 cm³/mol. The van der Waals surface area contributed by atoms with Crippen LogP contribution in [-0.4, -0.2) is 49.9 Å². The van der Waals surface area contributed by atoms with E-state index in [1.165, 1.54) is 17.1 Å². The molecule has 3 heterocycles. The summed E-state index contributed by atoms with van der Waals surface area (Å²) in [4.78, 5) is 34.7. The number of aromatic nitrogens is 5. The van der Waals surface area contributed by atoms with Crippen molar-refractivity contribution in [3.63, 3.8) is 0 Å². The summed E-state index contributed by atoms with van der Waals surface area (Å²) in [5, 5.41) is 10.7. The molecule has 0 spiro atoms. The first-order valence-corrected chi connectivity index (χ1v) is 10.2. The Morgan fingerprint density at radius 3 is 2.55 bits per heavy atom. The molecule has 4 rings (SSSR count). The Bertz CT molecular complexity index is 1110. The monoisotopic (exact) mass is 440 g/mol. The lowest BCUT2D eigenvalue weighted by molar-refractivity contribution is 0.0934. The minimum Gasteiger partial charge on any atom is -0.364 e. The van der Waals surface area contributed by atoms with Gasteiger partial charge < -0.3 is 16.0 Å². The SMILES string of the molecule is C[C@H](NC(=O)c1nc(N2CCCC2)ncc1Cl)c1ccc(-n2cc(C(N)=O)nn2)cc1. The summed E-state index contributed by atoms with van der Waals surface area (Å²) in [6.45, 7) is 3.61. The van der Waals surface area contributed by atoms with E-state index < -0.39 is 5.91 Å². The van der Waals surface area contributed by atoms with Crippen LogP contribution >= 0.6 is 11.6 Å². The van der Waals surface area contributed by atoms with Crippen molar-refractivity contribution in [3.8, 4) is 5.69 Å². The summed E-state index contributed by atoms with van der Waals surface area (Å²) in [7, 11) is 0. The Morgan fingerprint density at radius 2 is 1.90 bits per heavy atom. The molecule has 0 radical (unpaired) electrons. The van der Waals surface area contributed by atoms with Crippen molar-refractivity contribution < 1.29 is 9.59 Å². The molecule has 11 heteroatoms. The lowest BCUT2D eigenvalue weighted by Crippen LogP contribution is -2.29. The maximum absolute atomic E-state index is 12.8. The number of hydrogen-bond donors (Lipinski definition) is 2. The van der Waals surface area contributed by atoms with Gasteiger partial charge in [-0.05, 0) is 37.5 Å². The minimum absolute atomic E-state index is 0.0831. The molecule has 3 N–H and O–H groups in total. The van der Waals surface area contributed by atoms with Crippen LogP contribution < -0.4 is 16.0 Å². The number of benzene rings is 1. The average Bonchev–Trinajstić information content (AvgIpc) is 3.46. The highest BCUT2D eigenvalue weighted by Gasteiger charge is 2.21. The Hall–Kier alpha value is -3.53. The van der Waals surface area contributed by atoms with Crippen LogP contribution in [0.2, 0.25) is 5.02 Å². The second-order valence-corrected chi connectivity index (χ2v) is 7.67. The Labute approximate surface area is 183 Å². The van der Waals surface area contributed by atoms with Crippen molar-refractivity contribution in [2.75, 3.05) is 18.0 Å². The molecule has 1 saturated heterocycles. The molecule has 0 aliphatic carbocycles. The van der Waals surface area contributed by atoms with Crippen molar-refractivity contribution >= 4 is 29.4 Å². The van der Waals surface area contributed by atoms with Gasteiger partial charge in [-0.1, -0.05) is 28.9 Å². The number of halogens is 1. The smallest absolute Gasteiger partial charge is 0.272 e. The molecule has 31 heavy (non-hydrogen) atoms. The summed E-state index contributed by atoms with van der Waals surface area (Å²) in [6.07, 6.45) is 5.09. The maximum Gasteiger partial charge on any atom is 0.272 e. The van der Waals surface area contributed by atoms with E-state index in [0.717, 1.165) is 31.5 Å². The van der Waals surface area contributed by atoms with Gasteiger partial charge in [0.1, 0.15) is 0 Å². The maximum atomic E-state index is 12.8. The van der Waals surface area contributed by atoms with E-state index >= 15 is 0 Å². The molecule has 3 aromatic rings. The average molecular weight is 441 g/mol. The fourth-order valence-corrected chi connectivity index (χ4v) is 3.53. The van der Waals surface area contributed by atoms with Crippen molar-refractivity contribution in [2.45, 2.75) is 25.8 Å². The first kappa shape index (κ1) is 20.7. The number of nitrogens with one attached hydrogen (secondary N) is 1. The number of nitrogens with two attached hydrogens (primary N) is 1. The van der Waals surface area contributed by atoms with Crippen LogP contribution in [-0.2, 0) is 0 Å². The van der Waals surface area contributed by atoms with Gasteiger partial charge in [0.25, 0.3) is 11.8 Å². The van der Waals surface area contributed by atoms with Crippen LogP contribution in [0.3, 0.4) is 0 Å². The zero-order valence-electron chi connectivity index (χ0n) is 16.8. The molecule has 2 amide bonds. The Kier molecular flexibility index (Phi) is 5.81. The third-order valence-electron chi connectivity index (χ3n) is 5.09. The molecule has 1 aliphatic heterocycles. The number of anilines is 1. The van der Waals surface area contributed by atoms with Crippen LogP contribution in [0.25, 0.3) is 5.69 Å². The van der Waals surface area contributed by atoms with E-state index in [1.807, 2.05) is 24.0 Å². The van der Waals surface area contributed by atoms with Crippen LogP contribution in [0.5, 0.6) is 0 Å². The van der Waals surface area contributed by atoms with Gasteiger partial charge >= 0.3 is 0 Å². The Morgan fingerprint density at radius 1 is 1.19 bits per heavy atom. The summed E-state index contributed by atoms with van der Waals surface area (Å²) >= 11 is 6.19. The first-order chi connectivity index (χ1) is 14.9. The normalized spacial score (nSPS) is 14.5. The quantitative estimate of drug-likeness (QED) is 0.598. The number of nitrogens with zero attached hydrogens (tertiary/aromatic N) is 6. The summed E-state index contributed by atoms with van der Waals surface area (Å²) < 4.78 is 1.45. The zero-order valence-corrected chi connectivity index (χ0v) is 17.6. The van der Waals surface area contributed by atoms with E-state index in [9.17, 15) is 9.59 Å². The lowest BCUT2D eigenvalue weighted by Gasteiger charge is -2.18. The van der Waals surface area contributed by atoms with Crippen molar-refractivity contribution in [1.29, 1.82) is 0 Å². The molecule has 1 fully saturated rings. The highest BCUT2D eigenvalue weighted by Crippen LogP contribution is 2.21. The standard InChI is InChI=1S/C20H21ClN8O2/c1-12(13-4-6-14(7-5-13)29-11-16(18(22)30)26-27-29)24-19(31)17-15(21)10-23-20(25-17)28-8-2-3-9-28/h4-7,10-12H,2-3,8-9H2,1H3,(H2,22,30)(H,24,31)/t12-/m0/s1. The van der Waals surface area contributed by atoms with Crippen molar-refractivity contribution in [1.82, 2.24) is 30.3 Å². The second kappa shape index (κ2) is 8.68. The fourth-order valence-electron chi connectivity index (χ4n) is 3.35. The lowest BCUT2D eigenvalue weighted by atomic mass is 10.1. The van der Waals surface area contributed by atoms with Gasteiger partial charge in [-0.2, -0.15) is 0 Å². The molecule has 1 atom stereocenters. The molecular weight excluding hydrogens is 420 g/mol. The molecule has 160 valence electrons. The molecule has 2 aromatic heterocycles. The van der Waals surface area contributed by atoms with E-state index in [2.05, 4.69) is 25.6 Å². The van der Waals surface area contributed by atoms with E-state index in [1.54, 1.807) is 12.1 Å². The summed E-state index contributed by atoms with van der Waals surface area (Å²) in [5.74, 6) is -0.491. The zero-order chi connectivity index (χ0) is 22.0. The van der Waals surface area contributed by atoms with Gasteiger partial charge in [0.15, 0.2) is 11.4 Å². The molecule has 0 bridgehead atoms. The molecule has 0 unspecified atom stereocenters. The first-order valence-electron chi connectivity index (χ1n) is 9.83. The number of amides is 2. The van der Waals surface area contributed by atoms with Crippen LogP contribution in [0.4, 0.5) is 5.95 Å². The second-order valence-electron chi connectivity index (χ2n) is 7.26. The van der Waals surface area contributed by atoms with Crippen LogP contribution in [0.1, 0.15) is 52.3 Å². The molecular formula is C20H21ClN8O2. The number of primary amides is 1. The van der Waals surface area contributed by atoms with E-state index in [-0.39, 0.29) is 28.4 Å². The van der Waals surface area contributed by atoms with E-state index in [0.29, 0.717) is 11.6 Å². The van der Waals surface area contributed by atoms with Gasteiger partial charge in [-0.25, -0.2) is 14.6 Å². The third kappa shape index (κ3) is 4.48. The van der Waals surface area contributed by atoms with Crippen LogP contribution in [0.15, 0.2) is 36.7 Å². The van der Waals surface area contributed by atoms with Crippen LogP contribution in [0, 0.1) is 0 Å². The highest BCUT2D eigenvalue weighted by atomic mass is 35.5. The summed E-state index contributed by atoms with van der Waals surface area (Å²) in [6, 6.07) is 7.02. The molecule has 1 aromatic carbocycles. The van der Waals surface area contributed by atoms with Crippen molar-refractivity contribution in [3.05, 3.63) is 58.6 Å². The van der Waals surface area contributed by atoms with Gasteiger partial charge in [0, 0.05) is 13.1 Å². The van der Waals surface area contributed by atoms with Gasteiger partial charge in [0.05, 0.1) is 29.1 Å². The fraction of sp³-hybridized carbons (Fsp3) is 0.300. The molecule has 1 aliphatic rings.